The minimum atomic E-state index is -1.41. The van der Waals surface area contributed by atoms with Crippen molar-refractivity contribution in [2.75, 3.05) is 6.54 Å². The summed E-state index contributed by atoms with van der Waals surface area (Å²) in [6, 6.07) is 32.6. The van der Waals surface area contributed by atoms with Gasteiger partial charge in [-0.15, -0.1) is 0 Å². The van der Waals surface area contributed by atoms with Gasteiger partial charge in [0.05, 0.1) is 0 Å². The standard InChI is InChI=1S/C35H33NO4/c37-34(35(38)39)36(22-24-9-3-1-4-10-24)23-31(26-11-5-2-6-12-26)27-17-15-25(16-18-27)28-19-20-33-30(21-28)29-13-7-8-14-32(29)40-33/h1,3-4,7-10,13-21,26,31H,2,5-6,11-12,22-23H2,(H,38,39). The Hall–Kier alpha value is -4.38. The molecule has 1 aromatic heterocycles. The Bertz CT molecular complexity index is 1630. The van der Waals surface area contributed by atoms with Crippen molar-refractivity contribution in [1.29, 1.82) is 0 Å². The first kappa shape index (κ1) is 25.9. The fraction of sp³-hybridized carbons (Fsp3) is 0.257. The topological polar surface area (TPSA) is 70.8 Å². The first-order valence-electron chi connectivity index (χ1n) is 14.1. The Balaban J connectivity index is 1.31. The summed E-state index contributed by atoms with van der Waals surface area (Å²) in [6.45, 7) is 0.670. The number of nitrogens with zero attached hydrogens (tertiary/aromatic N) is 1. The van der Waals surface area contributed by atoms with Crippen LogP contribution in [-0.2, 0) is 16.1 Å². The molecular weight excluding hydrogens is 498 g/mol. The summed E-state index contributed by atoms with van der Waals surface area (Å²) in [5.74, 6) is -1.77. The van der Waals surface area contributed by atoms with E-state index in [4.69, 9.17) is 4.42 Å². The summed E-state index contributed by atoms with van der Waals surface area (Å²) in [7, 11) is 0. The summed E-state index contributed by atoms with van der Waals surface area (Å²) in [5, 5.41) is 11.8. The van der Waals surface area contributed by atoms with E-state index in [1.165, 1.54) is 24.2 Å². The van der Waals surface area contributed by atoms with Gasteiger partial charge in [0.15, 0.2) is 0 Å². The lowest BCUT2D eigenvalue weighted by atomic mass is 9.76. The van der Waals surface area contributed by atoms with Gasteiger partial charge in [-0.3, -0.25) is 4.79 Å². The van der Waals surface area contributed by atoms with Crippen molar-refractivity contribution in [3.8, 4) is 11.1 Å². The Morgan fingerprint density at radius 2 is 1.45 bits per heavy atom. The quantitative estimate of drug-likeness (QED) is 0.216. The molecule has 0 radical (unpaired) electrons. The van der Waals surface area contributed by atoms with E-state index in [2.05, 4.69) is 42.5 Å². The third kappa shape index (κ3) is 5.37. The van der Waals surface area contributed by atoms with Gasteiger partial charge in [0.25, 0.3) is 0 Å². The van der Waals surface area contributed by atoms with Crippen molar-refractivity contribution >= 4 is 33.8 Å². The largest absolute Gasteiger partial charge is 0.474 e. The van der Waals surface area contributed by atoms with Crippen LogP contribution in [0.4, 0.5) is 0 Å². The average Bonchev–Trinajstić information content (AvgIpc) is 3.38. The summed E-state index contributed by atoms with van der Waals surface area (Å²) in [4.78, 5) is 26.1. The summed E-state index contributed by atoms with van der Waals surface area (Å²) in [6.07, 6.45) is 5.76. The van der Waals surface area contributed by atoms with Crippen LogP contribution in [0, 0.1) is 5.92 Å². The molecular formula is C35H33NO4. The second-order valence-corrected chi connectivity index (χ2v) is 10.9. The summed E-state index contributed by atoms with van der Waals surface area (Å²) < 4.78 is 6.00. The molecule has 1 aliphatic carbocycles. The van der Waals surface area contributed by atoms with Gasteiger partial charge < -0.3 is 14.4 Å². The maximum absolute atomic E-state index is 12.8. The van der Waals surface area contributed by atoms with Crippen LogP contribution in [0.1, 0.15) is 49.1 Å². The van der Waals surface area contributed by atoms with Crippen LogP contribution in [0.2, 0.25) is 0 Å². The van der Waals surface area contributed by atoms with Gasteiger partial charge in [0.2, 0.25) is 0 Å². The fourth-order valence-electron chi connectivity index (χ4n) is 6.29. The molecule has 5 aromatic rings. The number of benzene rings is 4. The number of hydrogen-bond acceptors (Lipinski definition) is 3. The van der Waals surface area contributed by atoms with Crippen molar-refractivity contribution in [1.82, 2.24) is 4.90 Å². The van der Waals surface area contributed by atoms with E-state index in [1.807, 2.05) is 54.6 Å². The van der Waals surface area contributed by atoms with Gasteiger partial charge >= 0.3 is 11.9 Å². The molecule has 1 atom stereocenters. The summed E-state index contributed by atoms with van der Waals surface area (Å²) in [5.41, 5.74) is 6.07. The van der Waals surface area contributed by atoms with Crippen LogP contribution < -0.4 is 0 Å². The van der Waals surface area contributed by atoms with E-state index < -0.39 is 11.9 Å². The second kappa shape index (κ2) is 11.4. The lowest BCUT2D eigenvalue weighted by Gasteiger charge is -2.34. The highest BCUT2D eigenvalue weighted by Gasteiger charge is 2.31. The number of carbonyl (C=O) groups is 2. The molecule has 1 amide bonds. The zero-order valence-corrected chi connectivity index (χ0v) is 22.5. The van der Waals surface area contributed by atoms with Crippen LogP contribution in [0.15, 0.2) is 101 Å². The van der Waals surface area contributed by atoms with Gasteiger partial charge in [-0.2, -0.15) is 0 Å². The van der Waals surface area contributed by atoms with Gasteiger partial charge in [-0.1, -0.05) is 98.1 Å². The number of carboxylic acids is 1. The molecule has 0 saturated heterocycles. The highest BCUT2D eigenvalue weighted by atomic mass is 16.4. The molecule has 1 unspecified atom stereocenters. The Morgan fingerprint density at radius 3 is 2.20 bits per heavy atom. The SMILES string of the molecule is O=C(O)C(=O)N(Cc1ccccc1)CC(c1ccc(-c2ccc3oc4ccccc4c3c2)cc1)C1CCCCC1. The number of carbonyl (C=O) groups excluding carboxylic acids is 1. The molecule has 40 heavy (non-hydrogen) atoms. The molecule has 1 saturated carbocycles. The van der Waals surface area contributed by atoms with E-state index in [0.29, 0.717) is 12.5 Å². The number of aliphatic carboxylic acids is 1. The highest BCUT2D eigenvalue weighted by molar-refractivity contribution is 6.31. The fourth-order valence-corrected chi connectivity index (χ4v) is 6.29. The number of hydrogen-bond donors (Lipinski definition) is 1. The van der Waals surface area contributed by atoms with E-state index >= 15 is 0 Å². The maximum Gasteiger partial charge on any atom is 0.394 e. The van der Waals surface area contributed by atoms with Crippen molar-refractivity contribution in [3.63, 3.8) is 0 Å². The van der Waals surface area contributed by atoms with Crippen LogP contribution in [0.5, 0.6) is 0 Å². The normalized spacial score (nSPS) is 14.8. The molecule has 1 aliphatic rings. The first-order valence-corrected chi connectivity index (χ1v) is 14.1. The minimum Gasteiger partial charge on any atom is -0.474 e. The number of para-hydroxylation sites is 1. The first-order chi connectivity index (χ1) is 19.6. The zero-order valence-electron chi connectivity index (χ0n) is 22.5. The van der Waals surface area contributed by atoms with Gasteiger partial charge in [0.1, 0.15) is 11.2 Å². The van der Waals surface area contributed by atoms with E-state index in [0.717, 1.165) is 57.0 Å². The number of rotatable bonds is 7. The van der Waals surface area contributed by atoms with Crippen molar-refractivity contribution in [2.24, 2.45) is 5.92 Å². The van der Waals surface area contributed by atoms with Crippen molar-refractivity contribution in [2.45, 2.75) is 44.6 Å². The van der Waals surface area contributed by atoms with Gasteiger partial charge in [-0.05, 0) is 59.2 Å². The molecule has 0 bridgehead atoms. The Kier molecular flexibility index (Phi) is 7.37. The minimum absolute atomic E-state index is 0.0710. The Labute approximate surface area is 234 Å². The number of furan rings is 1. The molecule has 1 heterocycles. The predicted octanol–water partition coefficient (Wildman–Crippen LogP) is 8.03. The summed E-state index contributed by atoms with van der Waals surface area (Å²) >= 11 is 0. The molecule has 1 N–H and O–H groups in total. The van der Waals surface area contributed by atoms with Crippen LogP contribution in [-0.4, -0.2) is 28.4 Å². The van der Waals surface area contributed by atoms with Crippen LogP contribution >= 0.6 is 0 Å². The number of fused-ring (bicyclic) bond motifs is 3. The second-order valence-electron chi connectivity index (χ2n) is 10.9. The van der Waals surface area contributed by atoms with E-state index in [1.54, 1.807) is 0 Å². The smallest absolute Gasteiger partial charge is 0.394 e. The number of carboxylic acid groups (broad SMARTS) is 1. The molecule has 6 rings (SSSR count). The van der Waals surface area contributed by atoms with Crippen molar-refractivity contribution < 1.29 is 19.1 Å². The lowest BCUT2D eigenvalue weighted by Crippen LogP contribution is -2.40. The Morgan fingerprint density at radius 1 is 0.775 bits per heavy atom. The molecule has 4 aromatic carbocycles. The number of amides is 1. The van der Waals surface area contributed by atoms with Crippen LogP contribution in [0.25, 0.3) is 33.1 Å². The van der Waals surface area contributed by atoms with E-state index in [-0.39, 0.29) is 12.5 Å². The van der Waals surface area contributed by atoms with Crippen LogP contribution in [0.3, 0.4) is 0 Å². The molecule has 5 nitrogen and oxygen atoms in total. The van der Waals surface area contributed by atoms with Gasteiger partial charge in [0, 0.05) is 29.8 Å². The molecule has 5 heteroatoms. The maximum atomic E-state index is 12.8. The zero-order chi connectivity index (χ0) is 27.5. The third-order valence-electron chi connectivity index (χ3n) is 8.37. The molecule has 1 fully saturated rings. The highest BCUT2D eigenvalue weighted by Crippen LogP contribution is 2.38. The molecule has 0 spiro atoms. The van der Waals surface area contributed by atoms with Crippen molar-refractivity contribution in [3.05, 3.63) is 108 Å². The monoisotopic (exact) mass is 531 g/mol. The molecule has 202 valence electrons. The third-order valence-corrected chi connectivity index (χ3v) is 8.37. The lowest BCUT2D eigenvalue weighted by molar-refractivity contribution is -0.156. The molecule has 0 aliphatic heterocycles. The predicted molar refractivity (Wildman–Crippen MR) is 158 cm³/mol. The average molecular weight is 532 g/mol. The van der Waals surface area contributed by atoms with Gasteiger partial charge in [-0.25, -0.2) is 4.79 Å². The van der Waals surface area contributed by atoms with E-state index in [9.17, 15) is 14.7 Å².